The molecule has 1 aromatic heterocycles. The molecule has 2 aromatic carbocycles. The summed E-state index contributed by atoms with van der Waals surface area (Å²) in [6.07, 6.45) is 5.16. The summed E-state index contributed by atoms with van der Waals surface area (Å²) in [5.74, 6) is -0.332. The zero-order valence-corrected chi connectivity index (χ0v) is 21.1. The van der Waals surface area contributed by atoms with Gasteiger partial charge in [0.25, 0.3) is 11.1 Å². The molecule has 12 heteroatoms. The third kappa shape index (κ3) is 7.08. The van der Waals surface area contributed by atoms with Crippen molar-refractivity contribution in [3.8, 4) is 11.5 Å². The number of hydrogen-bond acceptors (Lipinski definition) is 9. The molecule has 11 nitrogen and oxygen atoms in total. The lowest BCUT2D eigenvalue weighted by molar-refractivity contribution is -0.145. The molecule has 0 saturated carbocycles. The lowest BCUT2D eigenvalue weighted by atomic mass is 10.0. The van der Waals surface area contributed by atoms with E-state index in [-0.39, 0.29) is 12.8 Å². The quantitative estimate of drug-likeness (QED) is 0.225. The molecule has 3 aromatic rings. The van der Waals surface area contributed by atoms with E-state index in [1.54, 1.807) is 60.8 Å². The number of nitrogens with two attached hydrogens (primary N) is 1. The lowest BCUT2D eigenvalue weighted by Gasteiger charge is -2.19. The first-order valence-corrected chi connectivity index (χ1v) is 12.3. The number of aromatic nitrogens is 2. The van der Waals surface area contributed by atoms with Gasteiger partial charge in [-0.05, 0) is 53.2 Å². The molecular formula is C26H25N5O6S. The summed E-state index contributed by atoms with van der Waals surface area (Å²) in [5.41, 5.74) is 8.22. The van der Waals surface area contributed by atoms with Crippen molar-refractivity contribution in [2.45, 2.75) is 24.9 Å². The largest absolute Gasteiger partial charge is 0.467 e. The van der Waals surface area contributed by atoms with Crippen LogP contribution in [0.2, 0.25) is 0 Å². The fourth-order valence-electron chi connectivity index (χ4n) is 3.61. The SMILES string of the molecule is COC(=O)C(Cc1ccc(Oc2ccc(/C=C3/SC(=O)NC3=O)cc2)cc1)NC(=O)C(N)Cc1cnc[nH]1. The third-order valence-corrected chi connectivity index (χ3v) is 6.36. The van der Waals surface area contributed by atoms with Gasteiger partial charge in [0.2, 0.25) is 5.91 Å². The predicted molar refractivity (Wildman–Crippen MR) is 140 cm³/mol. The number of imidazole rings is 1. The van der Waals surface area contributed by atoms with E-state index in [4.69, 9.17) is 15.2 Å². The van der Waals surface area contributed by atoms with Crippen LogP contribution in [0.25, 0.3) is 6.08 Å². The molecule has 0 aliphatic carbocycles. The molecule has 3 amide bonds. The molecular weight excluding hydrogens is 510 g/mol. The van der Waals surface area contributed by atoms with Crippen LogP contribution in [0.15, 0.2) is 66.0 Å². The number of carbonyl (C=O) groups excluding carboxylic acids is 4. The van der Waals surface area contributed by atoms with Gasteiger partial charge in [-0.15, -0.1) is 0 Å². The molecule has 38 heavy (non-hydrogen) atoms. The van der Waals surface area contributed by atoms with Crippen LogP contribution in [-0.2, 0) is 32.0 Å². The average Bonchev–Trinajstić information content (AvgIpc) is 3.53. The number of H-pyrrole nitrogens is 1. The zero-order valence-electron chi connectivity index (χ0n) is 20.3. The van der Waals surface area contributed by atoms with Gasteiger partial charge in [-0.3, -0.25) is 19.7 Å². The number of carbonyl (C=O) groups is 4. The summed E-state index contributed by atoms with van der Waals surface area (Å²) in [6.45, 7) is 0. The van der Waals surface area contributed by atoms with Gasteiger partial charge in [0.1, 0.15) is 17.5 Å². The van der Waals surface area contributed by atoms with Gasteiger partial charge in [-0.2, -0.15) is 0 Å². The number of imide groups is 1. The molecule has 1 aliphatic heterocycles. The minimum absolute atomic E-state index is 0.201. The Kier molecular flexibility index (Phi) is 8.56. The van der Waals surface area contributed by atoms with Crippen molar-refractivity contribution in [2.24, 2.45) is 5.73 Å². The van der Waals surface area contributed by atoms with Crippen LogP contribution in [0.1, 0.15) is 16.8 Å². The smallest absolute Gasteiger partial charge is 0.328 e. The van der Waals surface area contributed by atoms with E-state index in [1.807, 2.05) is 0 Å². The lowest BCUT2D eigenvalue weighted by Crippen LogP contribution is -2.50. The maximum Gasteiger partial charge on any atom is 0.328 e. The number of methoxy groups -OCH3 is 1. The predicted octanol–water partition coefficient (Wildman–Crippen LogP) is 2.30. The first-order valence-electron chi connectivity index (χ1n) is 11.5. The van der Waals surface area contributed by atoms with Gasteiger partial charge < -0.3 is 25.5 Å². The summed E-state index contributed by atoms with van der Waals surface area (Å²) in [7, 11) is 1.26. The Bertz CT molecular complexity index is 1340. The number of thioether (sulfide) groups is 1. The highest BCUT2D eigenvalue weighted by molar-refractivity contribution is 8.18. The maximum atomic E-state index is 12.6. The van der Waals surface area contributed by atoms with Crippen molar-refractivity contribution in [2.75, 3.05) is 7.11 Å². The molecule has 196 valence electrons. The van der Waals surface area contributed by atoms with Crippen molar-refractivity contribution in [3.63, 3.8) is 0 Å². The first kappa shape index (κ1) is 26.6. The first-order chi connectivity index (χ1) is 18.3. The molecule has 0 bridgehead atoms. The molecule has 0 radical (unpaired) electrons. The van der Waals surface area contributed by atoms with E-state index in [1.165, 1.54) is 13.4 Å². The number of hydrogen-bond donors (Lipinski definition) is 4. The Balaban J connectivity index is 1.34. The fraction of sp³-hybridized carbons (Fsp3) is 0.192. The Labute approximate surface area is 222 Å². The van der Waals surface area contributed by atoms with E-state index in [0.717, 1.165) is 22.9 Å². The molecule has 1 saturated heterocycles. The zero-order chi connectivity index (χ0) is 27.1. The number of ether oxygens (including phenoxy) is 2. The Morgan fingerprint density at radius 3 is 2.34 bits per heavy atom. The van der Waals surface area contributed by atoms with Crippen molar-refractivity contribution in [3.05, 3.63) is 82.8 Å². The van der Waals surface area contributed by atoms with E-state index in [0.29, 0.717) is 22.1 Å². The summed E-state index contributed by atoms with van der Waals surface area (Å²) in [4.78, 5) is 55.0. The van der Waals surface area contributed by atoms with Crippen LogP contribution >= 0.6 is 11.8 Å². The molecule has 1 aliphatic rings. The standard InChI is InChI=1S/C26H25N5O6S/c1-36-25(34)21(30-23(32)20(27)12-17-13-28-14-29-17)10-15-2-6-18(7-3-15)37-19-8-4-16(5-9-19)11-22-24(33)31-26(35)38-22/h2-9,11,13-14,20-21H,10,12,27H2,1H3,(H,28,29)(H,30,32)(H,31,33,35)/b22-11+. The van der Waals surface area contributed by atoms with Crippen molar-refractivity contribution >= 4 is 40.9 Å². The van der Waals surface area contributed by atoms with Gasteiger partial charge in [0.15, 0.2) is 0 Å². The summed E-state index contributed by atoms with van der Waals surface area (Å²) >= 11 is 0.857. The van der Waals surface area contributed by atoms with Gasteiger partial charge in [0.05, 0.1) is 24.4 Å². The number of nitrogens with zero attached hydrogens (tertiary/aromatic N) is 1. The average molecular weight is 536 g/mol. The Hall–Kier alpha value is -4.42. The van der Waals surface area contributed by atoms with Crippen LogP contribution in [0.3, 0.4) is 0 Å². The fourth-order valence-corrected chi connectivity index (χ4v) is 4.29. The second kappa shape index (κ2) is 12.2. The van der Waals surface area contributed by atoms with Crippen LogP contribution in [0.4, 0.5) is 4.79 Å². The molecule has 5 N–H and O–H groups in total. The van der Waals surface area contributed by atoms with Crippen LogP contribution < -0.4 is 21.1 Å². The summed E-state index contributed by atoms with van der Waals surface area (Å²) in [6, 6.07) is 12.3. The molecule has 2 heterocycles. The normalized spacial score (nSPS) is 15.6. The van der Waals surface area contributed by atoms with Gasteiger partial charge in [-0.25, -0.2) is 9.78 Å². The highest BCUT2D eigenvalue weighted by Gasteiger charge is 2.26. The number of rotatable bonds is 10. The number of benzene rings is 2. The van der Waals surface area contributed by atoms with Crippen molar-refractivity contribution < 1.29 is 28.7 Å². The molecule has 2 atom stereocenters. The van der Waals surface area contributed by atoms with E-state index < -0.39 is 35.1 Å². The van der Waals surface area contributed by atoms with Crippen LogP contribution in [0, 0.1) is 0 Å². The topological polar surface area (TPSA) is 165 Å². The molecule has 0 spiro atoms. The van der Waals surface area contributed by atoms with Crippen LogP contribution in [-0.4, -0.2) is 52.2 Å². The van der Waals surface area contributed by atoms with Gasteiger partial charge in [0, 0.05) is 24.7 Å². The second-order valence-corrected chi connectivity index (χ2v) is 9.36. The highest BCUT2D eigenvalue weighted by Crippen LogP contribution is 2.27. The van der Waals surface area contributed by atoms with Crippen LogP contribution in [0.5, 0.6) is 11.5 Å². The van der Waals surface area contributed by atoms with Crippen molar-refractivity contribution in [1.82, 2.24) is 20.6 Å². The second-order valence-electron chi connectivity index (χ2n) is 8.34. The van der Waals surface area contributed by atoms with E-state index >= 15 is 0 Å². The maximum absolute atomic E-state index is 12.6. The number of nitrogens with one attached hydrogen (secondary N) is 3. The highest BCUT2D eigenvalue weighted by atomic mass is 32.2. The van der Waals surface area contributed by atoms with E-state index in [2.05, 4.69) is 20.6 Å². The van der Waals surface area contributed by atoms with Gasteiger partial charge in [-0.1, -0.05) is 24.3 Å². The van der Waals surface area contributed by atoms with E-state index in [9.17, 15) is 19.2 Å². The molecule has 1 fully saturated rings. The third-order valence-electron chi connectivity index (χ3n) is 5.55. The Morgan fingerprint density at radius 2 is 1.76 bits per heavy atom. The summed E-state index contributed by atoms with van der Waals surface area (Å²) < 4.78 is 10.7. The van der Waals surface area contributed by atoms with Crippen molar-refractivity contribution in [1.29, 1.82) is 0 Å². The minimum Gasteiger partial charge on any atom is -0.467 e. The number of aromatic amines is 1. The Morgan fingerprint density at radius 1 is 1.08 bits per heavy atom. The van der Waals surface area contributed by atoms with Gasteiger partial charge >= 0.3 is 5.97 Å². The number of esters is 1. The molecule has 2 unspecified atom stereocenters. The minimum atomic E-state index is -0.913. The monoisotopic (exact) mass is 535 g/mol. The summed E-state index contributed by atoms with van der Waals surface area (Å²) in [5, 5.41) is 4.49. The molecule has 4 rings (SSSR count). The number of amides is 3.